The van der Waals surface area contributed by atoms with Crippen LogP contribution in [-0.4, -0.2) is 36.6 Å². The van der Waals surface area contributed by atoms with Gasteiger partial charge in [-0.3, -0.25) is 4.79 Å². The van der Waals surface area contributed by atoms with Gasteiger partial charge in [-0.1, -0.05) is 17.7 Å². The molecule has 2 N–H and O–H groups in total. The van der Waals surface area contributed by atoms with E-state index in [4.69, 9.17) is 21.0 Å². The smallest absolute Gasteiger partial charge is 0.534 e. The van der Waals surface area contributed by atoms with Crippen LogP contribution in [0.25, 0.3) is 0 Å². The van der Waals surface area contributed by atoms with Crippen molar-refractivity contribution in [2.75, 3.05) is 6.61 Å². The number of benzene rings is 1. The van der Waals surface area contributed by atoms with E-state index in [9.17, 15) is 14.6 Å². The second kappa shape index (κ2) is 6.36. The second-order valence-corrected chi connectivity index (χ2v) is 5.06. The normalized spacial score (nSPS) is 16.8. The number of fused-ring (bicyclic) bond motifs is 1. The summed E-state index contributed by atoms with van der Waals surface area (Å²) in [4.78, 5) is 23.1. The molecule has 6 nitrogen and oxygen atoms in total. The number of hydrogen-bond acceptors (Lipinski definition) is 5. The van der Waals surface area contributed by atoms with Crippen LogP contribution >= 0.6 is 11.6 Å². The molecule has 21 heavy (non-hydrogen) atoms. The predicted molar refractivity (Wildman–Crippen MR) is 77.3 cm³/mol. The Morgan fingerprint density at radius 3 is 2.90 bits per heavy atom. The van der Waals surface area contributed by atoms with Crippen molar-refractivity contribution in [1.82, 2.24) is 5.32 Å². The quantitative estimate of drug-likeness (QED) is 0.642. The molecule has 0 saturated heterocycles. The fourth-order valence-electron chi connectivity index (χ4n) is 2.21. The highest BCUT2D eigenvalue weighted by atomic mass is 35.5. The van der Waals surface area contributed by atoms with Gasteiger partial charge in [0.25, 0.3) is 0 Å². The van der Waals surface area contributed by atoms with Crippen LogP contribution < -0.4 is 9.97 Å². The maximum absolute atomic E-state index is 12.0. The third kappa shape index (κ3) is 3.30. The minimum Gasteiger partial charge on any atom is -0.534 e. The Bertz CT molecular complexity index is 580. The first-order chi connectivity index (χ1) is 9.93. The van der Waals surface area contributed by atoms with Crippen molar-refractivity contribution in [2.45, 2.75) is 26.2 Å². The van der Waals surface area contributed by atoms with E-state index in [1.807, 2.05) is 0 Å². The topological polar surface area (TPSA) is 84.9 Å². The summed E-state index contributed by atoms with van der Waals surface area (Å²) < 4.78 is 10.3. The molecule has 0 spiro atoms. The van der Waals surface area contributed by atoms with Gasteiger partial charge in [0.2, 0.25) is 5.91 Å². The summed E-state index contributed by atoms with van der Waals surface area (Å²) in [7, 11) is -1.26. The summed E-state index contributed by atoms with van der Waals surface area (Å²) >= 11 is 6.03. The lowest BCUT2D eigenvalue weighted by Crippen LogP contribution is -2.52. The second-order valence-electron chi connectivity index (χ2n) is 4.65. The van der Waals surface area contributed by atoms with E-state index in [0.29, 0.717) is 12.0 Å². The average Bonchev–Trinajstić information content (AvgIpc) is 2.39. The summed E-state index contributed by atoms with van der Waals surface area (Å²) in [6.07, 6.45) is 0.333. The van der Waals surface area contributed by atoms with E-state index in [-0.39, 0.29) is 28.8 Å². The number of rotatable bonds is 3. The minimum absolute atomic E-state index is 0.0938. The molecule has 1 heterocycles. The van der Waals surface area contributed by atoms with E-state index >= 15 is 0 Å². The van der Waals surface area contributed by atoms with Crippen LogP contribution in [0.15, 0.2) is 12.1 Å². The fourth-order valence-corrected chi connectivity index (χ4v) is 2.44. The van der Waals surface area contributed by atoms with Crippen LogP contribution in [-0.2, 0) is 16.0 Å². The van der Waals surface area contributed by atoms with Crippen LogP contribution in [0.5, 0.6) is 5.75 Å². The molecule has 1 atom stereocenters. The first-order valence-electron chi connectivity index (χ1n) is 6.54. The van der Waals surface area contributed by atoms with Gasteiger partial charge in [-0.25, -0.2) is 4.79 Å². The third-order valence-corrected chi connectivity index (χ3v) is 3.39. The van der Waals surface area contributed by atoms with Crippen molar-refractivity contribution in [2.24, 2.45) is 0 Å². The molecular formula is C13H15BClNO5. The van der Waals surface area contributed by atoms with Crippen molar-refractivity contribution < 1.29 is 24.0 Å². The molecule has 0 fully saturated rings. The molecule has 112 valence electrons. The maximum Gasteiger partial charge on any atom is 0.547 e. The molecule has 8 heteroatoms. The molecule has 0 unspecified atom stereocenters. The van der Waals surface area contributed by atoms with E-state index in [1.165, 1.54) is 6.92 Å². The molecule has 2 rings (SSSR count). The first kappa shape index (κ1) is 15.7. The van der Waals surface area contributed by atoms with Gasteiger partial charge in [0.05, 0.1) is 17.6 Å². The van der Waals surface area contributed by atoms with E-state index in [1.54, 1.807) is 19.1 Å². The molecule has 1 aliphatic heterocycles. The standard InChI is InChI=1S/C13H15BClNO5/c1-3-20-13(18)11-9(15)5-4-8-6-10(16-7(2)17)14(19)21-12(8)11/h4-5,10,19H,3,6H2,1-2H3,(H,16,17)/t10-/m0/s1. The number of carbonyl (C=O) groups excluding carboxylic acids is 2. The lowest BCUT2D eigenvalue weighted by atomic mass is 9.72. The number of nitrogens with one attached hydrogen (secondary N) is 1. The highest BCUT2D eigenvalue weighted by Crippen LogP contribution is 2.35. The largest absolute Gasteiger partial charge is 0.547 e. The monoisotopic (exact) mass is 311 g/mol. The summed E-state index contributed by atoms with van der Waals surface area (Å²) in [6, 6.07) is 3.26. The number of carbonyl (C=O) groups is 2. The molecule has 1 aromatic rings. The van der Waals surface area contributed by atoms with E-state index < -0.39 is 19.0 Å². The van der Waals surface area contributed by atoms with E-state index in [2.05, 4.69) is 5.32 Å². The first-order valence-corrected chi connectivity index (χ1v) is 6.92. The number of halogens is 1. The lowest BCUT2D eigenvalue weighted by molar-refractivity contribution is -0.119. The zero-order valence-corrected chi connectivity index (χ0v) is 12.4. The number of hydrogen-bond donors (Lipinski definition) is 2. The average molecular weight is 312 g/mol. The van der Waals surface area contributed by atoms with Crippen molar-refractivity contribution in [3.8, 4) is 5.75 Å². The Labute approximate surface area is 127 Å². The van der Waals surface area contributed by atoms with Gasteiger partial charge < -0.3 is 19.7 Å². The van der Waals surface area contributed by atoms with Crippen LogP contribution in [0, 0.1) is 0 Å². The van der Waals surface area contributed by atoms with Crippen LogP contribution in [0.3, 0.4) is 0 Å². The van der Waals surface area contributed by atoms with E-state index in [0.717, 1.165) is 0 Å². The Hall–Kier alpha value is -1.73. The molecule has 0 aliphatic carbocycles. The Balaban J connectivity index is 2.37. The summed E-state index contributed by atoms with van der Waals surface area (Å²) in [5.41, 5.74) is 0.767. The molecule has 0 saturated carbocycles. The zero-order valence-electron chi connectivity index (χ0n) is 11.7. The Morgan fingerprint density at radius 1 is 1.57 bits per heavy atom. The van der Waals surface area contributed by atoms with Crippen LogP contribution in [0.2, 0.25) is 5.02 Å². The van der Waals surface area contributed by atoms with Crippen LogP contribution in [0.1, 0.15) is 29.8 Å². The number of amides is 1. The fraction of sp³-hybridized carbons (Fsp3) is 0.385. The molecular weight excluding hydrogens is 296 g/mol. The van der Waals surface area contributed by atoms with Crippen molar-refractivity contribution in [3.63, 3.8) is 0 Å². The predicted octanol–water partition coefficient (Wildman–Crippen LogP) is 0.976. The van der Waals surface area contributed by atoms with Crippen LogP contribution in [0.4, 0.5) is 0 Å². The van der Waals surface area contributed by atoms with Gasteiger partial charge in [-0.15, -0.1) is 0 Å². The lowest BCUT2D eigenvalue weighted by Gasteiger charge is -2.29. The van der Waals surface area contributed by atoms with Gasteiger partial charge in [-0.2, -0.15) is 0 Å². The maximum atomic E-state index is 12.0. The number of esters is 1. The Morgan fingerprint density at radius 2 is 2.29 bits per heavy atom. The molecule has 0 radical (unpaired) electrons. The third-order valence-electron chi connectivity index (χ3n) is 3.08. The highest BCUT2D eigenvalue weighted by Gasteiger charge is 2.38. The SMILES string of the molecule is CCOC(=O)c1c(Cl)ccc2c1OB(O)[C@@H](NC(C)=O)C2. The Kier molecular flexibility index (Phi) is 4.75. The van der Waals surface area contributed by atoms with Gasteiger partial charge in [-0.05, 0) is 25.0 Å². The van der Waals surface area contributed by atoms with Crippen molar-refractivity contribution in [1.29, 1.82) is 0 Å². The van der Waals surface area contributed by atoms with Gasteiger partial charge in [0, 0.05) is 6.92 Å². The summed E-state index contributed by atoms with van der Waals surface area (Å²) in [6.45, 7) is 3.24. The zero-order chi connectivity index (χ0) is 15.6. The van der Waals surface area contributed by atoms with Gasteiger partial charge in [0.15, 0.2) is 0 Å². The molecule has 1 aromatic carbocycles. The van der Waals surface area contributed by atoms with Gasteiger partial charge >= 0.3 is 13.1 Å². The molecule has 0 bridgehead atoms. The summed E-state index contributed by atoms with van der Waals surface area (Å²) in [5.74, 6) is -1.25. The van der Waals surface area contributed by atoms with Crippen molar-refractivity contribution >= 4 is 30.6 Å². The number of ether oxygens (including phenoxy) is 1. The minimum atomic E-state index is -1.26. The van der Waals surface area contributed by atoms with Crippen molar-refractivity contribution in [3.05, 3.63) is 28.3 Å². The molecule has 1 aliphatic rings. The van der Waals surface area contributed by atoms with Gasteiger partial charge in [0.1, 0.15) is 11.3 Å². The molecule has 1 amide bonds. The molecule has 0 aromatic heterocycles. The summed E-state index contributed by atoms with van der Waals surface area (Å²) in [5, 5.41) is 12.7. The highest BCUT2D eigenvalue weighted by molar-refractivity contribution is 6.47.